The molecular formula is C15H20BrNO3. The number of nitrogens with one attached hydrogen (secondary N) is 1. The standard InChI is InChI=1S/C15H20BrNO3/c1-8(11-5-4-10(16)6-14(11)20-3)17-9(2)12-7-13(12)15(18)19/h4-6,8-9,12-13,17H,7H2,1-3H3,(H,18,19). The topological polar surface area (TPSA) is 58.6 Å². The van der Waals surface area contributed by atoms with Crippen LogP contribution in [-0.2, 0) is 4.79 Å². The maximum Gasteiger partial charge on any atom is 0.306 e. The van der Waals surface area contributed by atoms with Gasteiger partial charge in [0.05, 0.1) is 13.0 Å². The quantitative estimate of drug-likeness (QED) is 0.833. The third-order valence-corrected chi connectivity index (χ3v) is 4.47. The summed E-state index contributed by atoms with van der Waals surface area (Å²) < 4.78 is 6.38. The normalized spacial score (nSPS) is 24.0. The number of carboxylic acids is 1. The Morgan fingerprint density at radius 3 is 2.75 bits per heavy atom. The van der Waals surface area contributed by atoms with Crippen molar-refractivity contribution in [3.8, 4) is 5.75 Å². The first-order chi connectivity index (χ1) is 9.43. The summed E-state index contributed by atoms with van der Waals surface area (Å²) in [6.45, 7) is 4.12. The molecule has 110 valence electrons. The van der Waals surface area contributed by atoms with E-state index >= 15 is 0 Å². The average Bonchev–Trinajstić information content (AvgIpc) is 3.18. The fourth-order valence-electron chi connectivity index (χ4n) is 2.70. The zero-order chi connectivity index (χ0) is 14.9. The van der Waals surface area contributed by atoms with Gasteiger partial charge in [-0.25, -0.2) is 0 Å². The molecule has 1 aromatic rings. The molecule has 2 rings (SSSR count). The maximum atomic E-state index is 10.9. The summed E-state index contributed by atoms with van der Waals surface area (Å²) >= 11 is 3.43. The number of rotatable bonds is 6. The van der Waals surface area contributed by atoms with Crippen molar-refractivity contribution in [2.24, 2.45) is 11.8 Å². The number of carbonyl (C=O) groups is 1. The van der Waals surface area contributed by atoms with Gasteiger partial charge in [0.25, 0.3) is 0 Å². The molecule has 1 aromatic carbocycles. The zero-order valence-electron chi connectivity index (χ0n) is 11.9. The number of hydrogen-bond acceptors (Lipinski definition) is 3. The van der Waals surface area contributed by atoms with Gasteiger partial charge in [-0.15, -0.1) is 0 Å². The van der Waals surface area contributed by atoms with Crippen molar-refractivity contribution in [1.82, 2.24) is 5.32 Å². The maximum absolute atomic E-state index is 10.9. The summed E-state index contributed by atoms with van der Waals surface area (Å²) in [6, 6.07) is 6.24. The van der Waals surface area contributed by atoms with Crippen LogP contribution in [0.25, 0.3) is 0 Å². The van der Waals surface area contributed by atoms with E-state index in [-0.39, 0.29) is 23.9 Å². The lowest BCUT2D eigenvalue weighted by atomic mass is 10.0. The molecule has 20 heavy (non-hydrogen) atoms. The lowest BCUT2D eigenvalue weighted by Gasteiger charge is -2.22. The fourth-order valence-corrected chi connectivity index (χ4v) is 3.04. The largest absolute Gasteiger partial charge is 0.496 e. The second-order valence-electron chi connectivity index (χ2n) is 5.41. The summed E-state index contributed by atoms with van der Waals surface area (Å²) in [5, 5.41) is 12.5. The molecule has 1 fully saturated rings. The monoisotopic (exact) mass is 341 g/mol. The van der Waals surface area contributed by atoms with Crippen LogP contribution in [0.15, 0.2) is 22.7 Å². The molecule has 0 saturated heterocycles. The van der Waals surface area contributed by atoms with Crippen LogP contribution in [0.5, 0.6) is 5.75 Å². The molecule has 4 nitrogen and oxygen atoms in total. The number of aliphatic carboxylic acids is 1. The molecule has 0 bridgehead atoms. The lowest BCUT2D eigenvalue weighted by Crippen LogP contribution is -2.32. The molecule has 0 spiro atoms. The predicted molar refractivity (Wildman–Crippen MR) is 80.9 cm³/mol. The summed E-state index contributed by atoms with van der Waals surface area (Å²) in [5.41, 5.74) is 1.08. The fraction of sp³-hybridized carbons (Fsp3) is 0.533. The predicted octanol–water partition coefficient (Wildman–Crippen LogP) is 3.22. The van der Waals surface area contributed by atoms with Crippen LogP contribution in [0.3, 0.4) is 0 Å². The third-order valence-electron chi connectivity index (χ3n) is 3.97. The van der Waals surface area contributed by atoms with E-state index in [1.54, 1.807) is 7.11 Å². The first-order valence-electron chi connectivity index (χ1n) is 6.76. The Labute approximate surface area is 127 Å². The summed E-state index contributed by atoms with van der Waals surface area (Å²) in [5.74, 6) is 0.197. The van der Waals surface area contributed by atoms with E-state index in [2.05, 4.69) is 35.1 Å². The highest BCUT2D eigenvalue weighted by Gasteiger charge is 2.46. The van der Waals surface area contributed by atoms with E-state index in [9.17, 15) is 4.79 Å². The van der Waals surface area contributed by atoms with Crippen molar-refractivity contribution in [3.05, 3.63) is 28.2 Å². The van der Waals surface area contributed by atoms with Gasteiger partial charge in [-0.2, -0.15) is 0 Å². The van der Waals surface area contributed by atoms with Crippen LogP contribution < -0.4 is 10.1 Å². The Morgan fingerprint density at radius 1 is 1.50 bits per heavy atom. The molecule has 1 aliphatic carbocycles. The van der Waals surface area contributed by atoms with E-state index in [4.69, 9.17) is 9.84 Å². The van der Waals surface area contributed by atoms with Gasteiger partial charge in [-0.1, -0.05) is 22.0 Å². The lowest BCUT2D eigenvalue weighted by molar-refractivity contribution is -0.138. The van der Waals surface area contributed by atoms with Crippen molar-refractivity contribution in [1.29, 1.82) is 0 Å². The van der Waals surface area contributed by atoms with Gasteiger partial charge >= 0.3 is 5.97 Å². The van der Waals surface area contributed by atoms with Crippen LogP contribution in [-0.4, -0.2) is 24.2 Å². The van der Waals surface area contributed by atoms with Crippen LogP contribution >= 0.6 is 15.9 Å². The molecule has 0 amide bonds. The Bertz CT molecular complexity index is 506. The molecule has 0 heterocycles. The van der Waals surface area contributed by atoms with Crippen molar-refractivity contribution >= 4 is 21.9 Å². The Hall–Kier alpha value is -1.07. The van der Waals surface area contributed by atoms with Gasteiger partial charge in [-0.3, -0.25) is 4.79 Å². The number of methoxy groups -OCH3 is 1. The number of ether oxygens (including phenoxy) is 1. The molecule has 4 atom stereocenters. The van der Waals surface area contributed by atoms with Gasteiger partial charge in [0.1, 0.15) is 5.75 Å². The Morgan fingerprint density at radius 2 is 2.20 bits per heavy atom. The molecule has 4 unspecified atom stereocenters. The van der Waals surface area contributed by atoms with E-state index in [0.29, 0.717) is 0 Å². The molecular weight excluding hydrogens is 322 g/mol. The van der Waals surface area contributed by atoms with E-state index in [1.807, 2.05) is 18.2 Å². The highest BCUT2D eigenvalue weighted by Crippen LogP contribution is 2.42. The van der Waals surface area contributed by atoms with Crippen LogP contribution in [0.1, 0.15) is 31.9 Å². The van der Waals surface area contributed by atoms with Crippen molar-refractivity contribution in [2.45, 2.75) is 32.4 Å². The highest BCUT2D eigenvalue weighted by molar-refractivity contribution is 9.10. The first-order valence-corrected chi connectivity index (χ1v) is 7.55. The van der Waals surface area contributed by atoms with Crippen molar-refractivity contribution in [2.75, 3.05) is 7.11 Å². The Kier molecular flexibility index (Phi) is 4.70. The van der Waals surface area contributed by atoms with Gasteiger partial charge in [0, 0.05) is 22.1 Å². The van der Waals surface area contributed by atoms with E-state index in [1.165, 1.54) is 0 Å². The molecule has 0 aliphatic heterocycles. The SMILES string of the molecule is COc1cc(Br)ccc1C(C)NC(C)C1CC1C(=O)O. The van der Waals surface area contributed by atoms with E-state index in [0.717, 1.165) is 22.2 Å². The number of halogens is 1. The number of benzene rings is 1. The van der Waals surface area contributed by atoms with Crippen LogP contribution in [0.4, 0.5) is 0 Å². The van der Waals surface area contributed by atoms with Crippen LogP contribution in [0.2, 0.25) is 0 Å². The molecule has 0 aromatic heterocycles. The minimum absolute atomic E-state index is 0.114. The second-order valence-corrected chi connectivity index (χ2v) is 6.32. The van der Waals surface area contributed by atoms with Crippen molar-refractivity contribution < 1.29 is 14.6 Å². The minimum atomic E-state index is -0.683. The van der Waals surface area contributed by atoms with Gasteiger partial charge in [0.15, 0.2) is 0 Å². The summed E-state index contributed by atoms with van der Waals surface area (Å²) in [4.78, 5) is 10.9. The average molecular weight is 342 g/mol. The van der Waals surface area contributed by atoms with E-state index < -0.39 is 5.97 Å². The molecule has 0 radical (unpaired) electrons. The second kappa shape index (κ2) is 6.14. The minimum Gasteiger partial charge on any atom is -0.496 e. The number of carboxylic acid groups (broad SMARTS) is 1. The molecule has 1 saturated carbocycles. The van der Waals surface area contributed by atoms with Gasteiger partial charge in [0.2, 0.25) is 0 Å². The molecule has 1 aliphatic rings. The van der Waals surface area contributed by atoms with Gasteiger partial charge in [-0.05, 0) is 38.3 Å². The zero-order valence-corrected chi connectivity index (χ0v) is 13.5. The summed E-state index contributed by atoms with van der Waals surface area (Å²) in [6.07, 6.45) is 0.772. The molecule has 5 heteroatoms. The van der Waals surface area contributed by atoms with Gasteiger partial charge < -0.3 is 15.2 Å². The molecule has 2 N–H and O–H groups in total. The highest BCUT2D eigenvalue weighted by atomic mass is 79.9. The summed E-state index contributed by atoms with van der Waals surface area (Å²) in [7, 11) is 1.66. The Balaban J connectivity index is 2.02. The number of hydrogen-bond donors (Lipinski definition) is 2. The third kappa shape index (κ3) is 3.33. The smallest absolute Gasteiger partial charge is 0.306 e. The van der Waals surface area contributed by atoms with Crippen LogP contribution in [0, 0.1) is 11.8 Å². The first kappa shape index (κ1) is 15.3. The van der Waals surface area contributed by atoms with Crippen molar-refractivity contribution in [3.63, 3.8) is 0 Å².